The lowest BCUT2D eigenvalue weighted by atomic mass is 9.97. The first kappa shape index (κ1) is 14.7. The van der Waals surface area contributed by atoms with Crippen LogP contribution in [0.25, 0.3) is 5.76 Å². The minimum Gasteiger partial charge on any atom is -0.508 e. The number of fused-ring (bicyclic) bond motifs is 1. The van der Waals surface area contributed by atoms with Crippen molar-refractivity contribution in [2.24, 2.45) is 0 Å². The van der Waals surface area contributed by atoms with Gasteiger partial charge in [-0.2, -0.15) is 0 Å². The van der Waals surface area contributed by atoms with Gasteiger partial charge in [0.2, 0.25) is 5.75 Å². The van der Waals surface area contributed by atoms with Crippen LogP contribution < -0.4 is 4.74 Å². The fraction of sp³-hybridized carbons (Fsp3) is 0.125. The number of phenols is 2. The molecular weight excluding hydrogens is 304 g/mol. The summed E-state index contributed by atoms with van der Waals surface area (Å²) in [7, 11) is 1.32. The molecule has 1 aliphatic carbocycles. The quantitative estimate of drug-likeness (QED) is 0.531. The fourth-order valence-corrected chi connectivity index (χ4v) is 2.41. The Morgan fingerprint density at radius 3 is 2.48 bits per heavy atom. The zero-order chi connectivity index (χ0) is 16.7. The SMILES string of the molecule is COc1cc(C2=C(O)C=C3C(O)=CC(O)=CC3O2)cc(O)c1O. The second-order valence-electron chi connectivity index (χ2n) is 5.02. The molecule has 23 heavy (non-hydrogen) atoms. The van der Waals surface area contributed by atoms with Gasteiger partial charge in [0.05, 0.1) is 7.11 Å². The number of phenolic OH excluding ortho intramolecular Hbond substituents is 2. The lowest BCUT2D eigenvalue weighted by molar-refractivity contribution is 0.206. The average Bonchev–Trinajstić information content (AvgIpc) is 2.50. The third-order valence-corrected chi connectivity index (χ3v) is 3.52. The highest BCUT2D eigenvalue weighted by Crippen LogP contribution is 2.41. The van der Waals surface area contributed by atoms with E-state index in [1.165, 1.54) is 31.4 Å². The Hall–Kier alpha value is -3.22. The summed E-state index contributed by atoms with van der Waals surface area (Å²) < 4.78 is 10.5. The highest BCUT2D eigenvalue weighted by molar-refractivity contribution is 5.71. The number of ether oxygens (including phenoxy) is 2. The van der Waals surface area contributed by atoms with Crippen molar-refractivity contribution in [3.05, 3.63) is 58.8 Å². The number of aliphatic hydroxyl groups excluding tert-OH is 3. The molecule has 1 aliphatic heterocycles. The molecule has 0 bridgehead atoms. The van der Waals surface area contributed by atoms with Gasteiger partial charge in [-0.05, 0) is 18.2 Å². The molecule has 1 unspecified atom stereocenters. The normalized spacial score (nSPS) is 20.0. The minimum atomic E-state index is -0.798. The molecule has 0 radical (unpaired) electrons. The summed E-state index contributed by atoms with van der Waals surface area (Å²) in [5, 5.41) is 48.9. The van der Waals surface area contributed by atoms with E-state index in [1.54, 1.807) is 0 Å². The van der Waals surface area contributed by atoms with Gasteiger partial charge in [0.15, 0.2) is 23.0 Å². The largest absolute Gasteiger partial charge is 0.508 e. The van der Waals surface area contributed by atoms with Gasteiger partial charge in [-0.25, -0.2) is 0 Å². The number of aliphatic hydroxyl groups is 3. The van der Waals surface area contributed by atoms with Gasteiger partial charge in [0.1, 0.15) is 17.6 Å². The number of rotatable bonds is 2. The summed E-state index contributed by atoms with van der Waals surface area (Å²) in [6, 6.07) is 2.58. The zero-order valence-corrected chi connectivity index (χ0v) is 12.0. The molecule has 0 fully saturated rings. The number of benzene rings is 1. The Kier molecular flexibility index (Phi) is 3.33. The molecule has 3 rings (SSSR count). The van der Waals surface area contributed by atoms with Crippen LogP contribution >= 0.6 is 0 Å². The van der Waals surface area contributed by atoms with E-state index in [1.807, 2.05) is 0 Å². The highest BCUT2D eigenvalue weighted by atomic mass is 16.5. The second kappa shape index (κ2) is 5.20. The van der Waals surface area contributed by atoms with Crippen molar-refractivity contribution in [3.8, 4) is 17.2 Å². The van der Waals surface area contributed by atoms with Crippen molar-refractivity contribution in [1.82, 2.24) is 0 Å². The predicted octanol–water partition coefficient (Wildman–Crippen LogP) is 2.56. The van der Waals surface area contributed by atoms with Gasteiger partial charge >= 0.3 is 0 Å². The van der Waals surface area contributed by atoms with E-state index in [4.69, 9.17) is 9.47 Å². The van der Waals surface area contributed by atoms with Gasteiger partial charge < -0.3 is 35.0 Å². The summed E-state index contributed by atoms with van der Waals surface area (Å²) in [5.74, 6) is -1.53. The van der Waals surface area contributed by atoms with Crippen LogP contribution in [0.5, 0.6) is 17.2 Å². The van der Waals surface area contributed by atoms with Gasteiger partial charge in [-0.15, -0.1) is 0 Å². The Morgan fingerprint density at radius 2 is 1.78 bits per heavy atom. The molecule has 0 aromatic heterocycles. The van der Waals surface area contributed by atoms with E-state index in [0.717, 1.165) is 6.08 Å². The molecule has 1 aromatic carbocycles. The van der Waals surface area contributed by atoms with Crippen molar-refractivity contribution in [1.29, 1.82) is 0 Å². The van der Waals surface area contributed by atoms with Gasteiger partial charge in [0.25, 0.3) is 0 Å². The first-order valence-electron chi connectivity index (χ1n) is 6.64. The summed E-state index contributed by atoms with van der Waals surface area (Å²) >= 11 is 0. The van der Waals surface area contributed by atoms with Crippen LogP contribution in [0.2, 0.25) is 0 Å². The van der Waals surface area contributed by atoms with Crippen LogP contribution in [0, 0.1) is 0 Å². The molecule has 1 atom stereocenters. The van der Waals surface area contributed by atoms with Crippen molar-refractivity contribution < 1.29 is 35.0 Å². The number of methoxy groups -OCH3 is 1. The van der Waals surface area contributed by atoms with Crippen LogP contribution in [-0.2, 0) is 4.74 Å². The number of hydrogen-bond donors (Lipinski definition) is 5. The van der Waals surface area contributed by atoms with E-state index in [-0.39, 0.29) is 34.3 Å². The summed E-state index contributed by atoms with van der Waals surface area (Å²) in [5.41, 5.74) is 0.547. The lowest BCUT2D eigenvalue weighted by Crippen LogP contribution is -2.22. The number of aromatic hydroxyl groups is 2. The van der Waals surface area contributed by atoms with Gasteiger partial charge in [0, 0.05) is 23.3 Å². The minimum absolute atomic E-state index is 0.00320. The Balaban J connectivity index is 2.09. The summed E-state index contributed by atoms with van der Waals surface area (Å²) in [6.45, 7) is 0. The lowest BCUT2D eigenvalue weighted by Gasteiger charge is -2.27. The Bertz CT molecular complexity index is 799. The van der Waals surface area contributed by atoms with Crippen molar-refractivity contribution in [3.63, 3.8) is 0 Å². The first-order chi connectivity index (χ1) is 10.9. The van der Waals surface area contributed by atoms with Crippen LogP contribution in [0.1, 0.15) is 5.56 Å². The first-order valence-corrected chi connectivity index (χ1v) is 6.64. The molecule has 7 heteroatoms. The molecule has 1 heterocycles. The smallest absolute Gasteiger partial charge is 0.200 e. The van der Waals surface area contributed by atoms with Crippen molar-refractivity contribution in [2.75, 3.05) is 7.11 Å². The zero-order valence-electron chi connectivity index (χ0n) is 12.0. The standard InChI is InChI=1S/C16H14O7/c1-22-14-3-7(2-11(19)15(14)21)16-12(20)6-9-10(18)4-8(17)5-13(9)23-16/h2-6,13,17-21H,1H3. The van der Waals surface area contributed by atoms with E-state index >= 15 is 0 Å². The molecule has 1 aromatic rings. The predicted molar refractivity (Wildman–Crippen MR) is 80.3 cm³/mol. The molecule has 0 amide bonds. The number of hydrogen-bond acceptors (Lipinski definition) is 7. The van der Waals surface area contributed by atoms with E-state index < -0.39 is 17.6 Å². The third-order valence-electron chi connectivity index (χ3n) is 3.52. The topological polar surface area (TPSA) is 120 Å². The van der Waals surface area contributed by atoms with Crippen LogP contribution in [0.4, 0.5) is 0 Å². The van der Waals surface area contributed by atoms with E-state index in [9.17, 15) is 25.5 Å². The maximum Gasteiger partial charge on any atom is 0.200 e. The van der Waals surface area contributed by atoms with E-state index in [2.05, 4.69) is 0 Å². The van der Waals surface area contributed by atoms with Crippen LogP contribution in [0.15, 0.2) is 53.2 Å². The Morgan fingerprint density at radius 1 is 1.04 bits per heavy atom. The molecular formula is C16H14O7. The fourth-order valence-electron chi connectivity index (χ4n) is 2.41. The summed E-state index contributed by atoms with van der Waals surface area (Å²) in [6.07, 6.45) is 3.00. The third kappa shape index (κ3) is 2.42. The highest BCUT2D eigenvalue weighted by Gasteiger charge is 2.30. The van der Waals surface area contributed by atoms with Gasteiger partial charge in [-0.1, -0.05) is 0 Å². The molecule has 2 aliphatic rings. The molecule has 0 saturated carbocycles. The van der Waals surface area contributed by atoms with Gasteiger partial charge in [-0.3, -0.25) is 0 Å². The molecule has 0 saturated heterocycles. The monoisotopic (exact) mass is 318 g/mol. The van der Waals surface area contributed by atoms with Crippen molar-refractivity contribution in [2.45, 2.75) is 6.10 Å². The maximum absolute atomic E-state index is 10.1. The number of allylic oxidation sites excluding steroid dienone is 2. The van der Waals surface area contributed by atoms with Crippen LogP contribution in [0.3, 0.4) is 0 Å². The van der Waals surface area contributed by atoms with E-state index in [0.29, 0.717) is 5.57 Å². The molecule has 0 spiro atoms. The molecule has 5 N–H and O–H groups in total. The molecule has 7 nitrogen and oxygen atoms in total. The maximum atomic E-state index is 10.1. The average molecular weight is 318 g/mol. The van der Waals surface area contributed by atoms with Crippen molar-refractivity contribution >= 4 is 5.76 Å². The van der Waals surface area contributed by atoms with Crippen LogP contribution in [-0.4, -0.2) is 38.7 Å². The Labute approximate surface area is 131 Å². The second-order valence-corrected chi connectivity index (χ2v) is 5.02. The molecule has 120 valence electrons. The summed E-state index contributed by atoms with van der Waals surface area (Å²) in [4.78, 5) is 0.